The van der Waals surface area contributed by atoms with Gasteiger partial charge in [-0.2, -0.15) is 15.0 Å². The molecule has 2 aromatic heterocycles. The van der Waals surface area contributed by atoms with E-state index in [9.17, 15) is 0 Å². The molecule has 0 unspecified atom stereocenters. The van der Waals surface area contributed by atoms with Gasteiger partial charge in [0.2, 0.25) is 11.1 Å². The van der Waals surface area contributed by atoms with Crippen molar-refractivity contribution in [3.63, 3.8) is 0 Å². The maximum atomic E-state index is 5.27. The number of nitrogen functional groups attached to an aromatic ring is 1. The SMILES string of the molecule is COc1nc(NN)nc(Sc2ncccc2Br)n1. The third kappa shape index (κ3) is 3.06. The van der Waals surface area contributed by atoms with Crippen molar-refractivity contribution >= 4 is 33.6 Å². The van der Waals surface area contributed by atoms with Crippen LogP contribution in [-0.4, -0.2) is 27.0 Å². The summed E-state index contributed by atoms with van der Waals surface area (Å²) < 4.78 is 5.82. The number of nitrogens with two attached hydrogens (primary N) is 1. The molecule has 0 aliphatic carbocycles. The number of pyridine rings is 1. The first-order valence-corrected chi connectivity index (χ1v) is 6.39. The summed E-state index contributed by atoms with van der Waals surface area (Å²) in [5, 5.41) is 1.18. The van der Waals surface area contributed by atoms with Crippen LogP contribution in [0.5, 0.6) is 6.01 Å². The number of hydrazine groups is 1. The number of nitrogens with zero attached hydrogens (tertiary/aromatic N) is 4. The van der Waals surface area contributed by atoms with Gasteiger partial charge in [0.1, 0.15) is 5.03 Å². The fraction of sp³-hybridized carbons (Fsp3) is 0.111. The van der Waals surface area contributed by atoms with E-state index in [0.29, 0.717) is 5.16 Å². The van der Waals surface area contributed by atoms with Crippen molar-refractivity contribution in [3.8, 4) is 6.01 Å². The van der Waals surface area contributed by atoms with Crippen LogP contribution in [0.15, 0.2) is 33.0 Å². The summed E-state index contributed by atoms with van der Waals surface area (Å²) in [6.45, 7) is 0. The lowest BCUT2D eigenvalue weighted by molar-refractivity contribution is 0.373. The normalized spacial score (nSPS) is 10.2. The zero-order valence-electron chi connectivity index (χ0n) is 9.29. The molecule has 0 saturated heterocycles. The molecule has 0 atom stereocenters. The number of hydrogen-bond acceptors (Lipinski definition) is 8. The molecule has 0 saturated carbocycles. The highest BCUT2D eigenvalue weighted by Gasteiger charge is 2.10. The van der Waals surface area contributed by atoms with Crippen molar-refractivity contribution in [2.45, 2.75) is 10.2 Å². The van der Waals surface area contributed by atoms with E-state index in [1.807, 2.05) is 12.1 Å². The summed E-state index contributed by atoms with van der Waals surface area (Å²) in [7, 11) is 1.47. The highest BCUT2D eigenvalue weighted by molar-refractivity contribution is 9.10. The molecular weight excluding hydrogens is 320 g/mol. The van der Waals surface area contributed by atoms with Crippen LogP contribution in [0.2, 0.25) is 0 Å². The standard InChI is InChI=1S/C9H9BrN6OS/c1-17-8-13-7(16-11)14-9(15-8)18-6-5(10)3-2-4-12-6/h2-4H,11H2,1H3,(H,13,14,15,16). The molecule has 0 bridgehead atoms. The second kappa shape index (κ2) is 5.94. The smallest absolute Gasteiger partial charge is 0.322 e. The van der Waals surface area contributed by atoms with E-state index < -0.39 is 0 Å². The second-order valence-electron chi connectivity index (χ2n) is 2.97. The van der Waals surface area contributed by atoms with Gasteiger partial charge >= 0.3 is 6.01 Å². The van der Waals surface area contributed by atoms with Crippen molar-refractivity contribution in [2.75, 3.05) is 12.5 Å². The Morgan fingerprint density at radius 1 is 1.39 bits per heavy atom. The van der Waals surface area contributed by atoms with Gasteiger partial charge in [-0.15, -0.1) is 0 Å². The number of rotatable bonds is 4. The van der Waals surface area contributed by atoms with Crippen LogP contribution >= 0.6 is 27.7 Å². The summed E-state index contributed by atoms with van der Waals surface area (Å²) in [5.74, 6) is 5.51. The third-order valence-electron chi connectivity index (χ3n) is 1.82. The molecule has 0 aliphatic rings. The Morgan fingerprint density at radius 2 is 2.22 bits per heavy atom. The van der Waals surface area contributed by atoms with Gasteiger partial charge in [0, 0.05) is 6.20 Å². The highest BCUT2D eigenvalue weighted by atomic mass is 79.9. The Hall–Kier alpha value is -1.45. The number of nitrogens with one attached hydrogen (secondary N) is 1. The van der Waals surface area contributed by atoms with E-state index in [1.54, 1.807) is 6.20 Å². The van der Waals surface area contributed by atoms with Crippen LogP contribution in [0.1, 0.15) is 0 Å². The number of ether oxygens (including phenoxy) is 1. The minimum atomic E-state index is 0.188. The van der Waals surface area contributed by atoms with Crippen LogP contribution in [0.25, 0.3) is 0 Å². The molecule has 0 fully saturated rings. The molecule has 0 radical (unpaired) electrons. The first-order valence-electron chi connectivity index (χ1n) is 4.78. The third-order valence-corrected chi connectivity index (χ3v) is 3.60. The maximum absolute atomic E-state index is 5.27. The summed E-state index contributed by atoms with van der Waals surface area (Å²) in [6, 6.07) is 3.90. The van der Waals surface area contributed by atoms with Crippen molar-refractivity contribution in [1.29, 1.82) is 0 Å². The van der Waals surface area contributed by atoms with Gasteiger partial charge in [-0.25, -0.2) is 10.8 Å². The quantitative estimate of drug-likeness (QED) is 0.643. The van der Waals surface area contributed by atoms with Crippen LogP contribution in [-0.2, 0) is 0 Å². The van der Waals surface area contributed by atoms with Gasteiger partial charge in [-0.1, -0.05) is 0 Å². The molecule has 2 aromatic rings. The predicted molar refractivity (Wildman–Crippen MR) is 70.2 cm³/mol. The number of anilines is 1. The minimum Gasteiger partial charge on any atom is -0.467 e. The zero-order valence-corrected chi connectivity index (χ0v) is 11.7. The van der Waals surface area contributed by atoms with Crippen LogP contribution in [0, 0.1) is 0 Å². The monoisotopic (exact) mass is 328 g/mol. The van der Waals surface area contributed by atoms with E-state index in [4.69, 9.17) is 10.6 Å². The number of halogens is 1. The molecule has 7 nitrogen and oxygen atoms in total. The lowest BCUT2D eigenvalue weighted by Crippen LogP contribution is -2.12. The van der Waals surface area contributed by atoms with E-state index in [1.165, 1.54) is 18.9 Å². The number of methoxy groups -OCH3 is 1. The number of hydrogen-bond donors (Lipinski definition) is 2. The zero-order chi connectivity index (χ0) is 13.0. The summed E-state index contributed by atoms with van der Waals surface area (Å²) in [6.07, 6.45) is 1.69. The lowest BCUT2D eigenvalue weighted by atomic mass is 10.5. The minimum absolute atomic E-state index is 0.188. The van der Waals surface area contributed by atoms with E-state index >= 15 is 0 Å². The van der Waals surface area contributed by atoms with Crippen molar-refractivity contribution in [3.05, 3.63) is 22.8 Å². The van der Waals surface area contributed by atoms with Gasteiger partial charge in [0.15, 0.2) is 0 Å². The molecule has 9 heteroatoms. The Morgan fingerprint density at radius 3 is 2.89 bits per heavy atom. The molecule has 0 spiro atoms. The average molecular weight is 329 g/mol. The van der Waals surface area contributed by atoms with E-state index in [0.717, 1.165) is 9.50 Å². The van der Waals surface area contributed by atoms with Crippen LogP contribution in [0.3, 0.4) is 0 Å². The number of aromatic nitrogens is 4. The molecule has 0 amide bonds. The topological polar surface area (TPSA) is 98.8 Å². The molecule has 0 aromatic carbocycles. The van der Waals surface area contributed by atoms with E-state index in [2.05, 4.69) is 41.3 Å². The van der Waals surface area contributed by atoms with Crippen LogP contribution < -0.4 is 16.0 Å². The molecule has 2 heterocycles. The van der Waals surface area contributed by atoms with Gasteiger partial charge in [-0.3, -0.25) is 5.43 Å². The van der Waals surface area contributed by atoms with E-state index in [-0.39, 0.29) is 12.0 Å². The molecule has 0 aliphatic heterocycles. The molecular formula is C9H9BrN6OS. The fourth-order valence-corrected chi connectivity index (χ4v) is 2.28. The van der Waals surface area contributed by atoms with Gasteiger partial charge < -0.3 is 4.74 Å². The van der Waals surface area contributed by atoms with Crippen molar-refractivity contribution in [1.82, 2.24) is 19.9 Å². The maximum Gasteiger partial charge on any atom is 0.322 e. The van der Waals surface area contributed by atoms with Gasteiger partial charge in [0.05, 0.1) is 11.6 Å². The van der Waals surface area contributed by atoms with Gasteiger partial charge in [0.25, 0.3) is 0 Å². The average Bonchev–Trinajstić information content (AvgIpc) is 2.41. The van der Waals surface area contributed by atoms with Crippen molar-refractivity contribution < 1.29 is 4.74 Å². The molecule has 18 heavy (non-hydrogen) atoms. The summed E-state index contributed by atoms with van der Waals surface area (Å²) >= 11 is 4.68. The Bertz CT molecular complexity index is 532. The largest absolute Gasteiger partial charge is 0.467 e. The summed E-state index contributed by atoms with van der Waals surface area (Å²) in [4.78, 5) is 16.3. The first kappa shape index (κ1) is 13.0. The second-order valence-corrected chi connectivity index (χ2v) is 4.78. The molecule has 2 rings (SSSR count). The van der Waals surface area contributed by atoms with Crippen LogP contribution in [0.4, 0.5) is 5.95 Å². The van der Waals surface area contributed by atoms with Gasteiger partial charge in [-0.05, 0) is 39.8 Å². The Kier molecular flexibility index (Phi) is 4.28. The fourth-order valence-electron chi connectivity index (χ4n) is 1.07. The highest BCUT2D eigenvalue weighted by Crippen LogP contribution is 2.30. The summed E-state index contributed by atoms with van der Waals surface area (Å²) in [5.41, 5.74) is 2.35. The lowest BCUT2D eigenvalue weighted by Gasteiger charge is -2.05. The van der Waals surface area contributed by atoms with Crippen molar-refractivity contribution in [2.24, 2.45) is 5.84 Å². The first-order chi connectivity index (χ1) is 8.72. The molecule has 3 N–H and O–H groups in total. The Balaban J connectivity index is 2.31. The predicted octanol–water partition coefficient (Wildman–Crippen LogP) is 1.47. The Labute approximate surface area is 116 Å². The molecule has 94 valence electrons.